The largest absolute Gasteiger partial charge is 0.497 e. The lowest BCUT2D eigenvalue weighted by Gasteiger charge is -2.18. The fourth-order valence-corrected chi connectivity index (χ4v) is 4.00. The molecule has 0 unspecified atom stereocenters. The van der Waals surface area contributed by atoms with Crippen LogP contribution in [0.25, 0.3) is 27.9 Å². The molecular formula is C23H26N6O2. The standard InChI is InChI=1S/C23H26N6O2/c1-30-17-8-6-15(7-9-17)21-27-22-19-11-10-18(31-2)13-20(19)26-23(29(22)28-21)25-16-5-3-4-12-24-14-16/h6-11,13,16,24H,3-5,12,14H2,1-2H3,(H,25,26)/t16-/m1/s1. The molecule has 0 saturated carbocycles. The Hall–Kier alpha value is -3.39. The Kier molecular flexibility index (Phi) is 5.30. The van der Waals surface area contributed by atoms with Crippen LogP contribution in [0.2, 0.25) is 0 Å². The molecule has 5 rings (SSSR count). The van der Waals surface area contributed by atoms with Crippen LogP contribution in [0.4, 0.5) is 5.95 Å². The summed E-state index contributed by atoms with van der Waals surface area (Å²) in [5.74, 6) is 2.91. The van der Waals surface area contributed by atoms with Gasteiger partial charge in [-0.1, -0.05) is 6.42 Å². The number of rotatable bonds is 5. The normalized spacial score (nSPS) is 16.9. The first-order valence-electron chi connectivity index (χ1n) is 10.6. The van der Waals surface area contributed by atoms with Crippen LogP contribution in [-0.2, 0) is 0 Å². The Morgan fingerprint density at radius 1 is 1.00 bits per heavy atom. The van der Waals surface area contributed by atoms with Crippen molar-refractivity contribution in [2.75, 3.05) is 32.6 Å². The van der Waals surface area contributed by atoms with Gasteiger partial charge in [0.2, 0.25) is 5.95 Å². The van der Waals surface area contributed by atoms with Crippen LogP contribution in [0.1, 0.15) is 19.3 Å². The van der Waals surface area contributed by atoms with Gasteiger partial charge < -0.3 is 20.1 Å². The lowest BCUT2D eigenvalue weighted by Crippen LogP contribution is -2.32. The number of methoxy groups -OCH3 is 2. The summed E-state index contributed by atoms with van der Waals surface area (Å²) in [6.45, 7) is 1.96. The third-order valence-corrected chi connectivity index (χ3v) is 5.71. The first kappa shape index (κ1) is 19.6. The van der Waals surface area contributed by atoms with Gasteiger partial charge >= 0.3 is 0 Å². The summed E-state index contributed by atoms with van der Waals surface area (Å²) in [6.07, 6.45) is 3.47. The lowest BCUT2D eigenvalue weighted by molar-refractivity contribution is 0.415. The van der Waals surface area contributed by atoms with E-state index in [1.807, 2.05) is 47.0 Å². The van der Waals surface area contributed by atoms with Crippen molar-refractivity contribution in [3.8, 4) is 22.9 Å². The maximum Gasteiger partial charge on any atom is 0.226 e. The van der Waals surface area contributed by atoms with Crippen molar-refractivity contribution in [1.29, 1.82) is 0 Å². The molecule has 0 bridgehead atoms. The van der Waals surface area contributed by atoms with E-state index in [-0.39, 0.29) is 6.04 Å². The molecule has 3 heterocycles. The molecule has 0 aliphatic carbocycles. The van der Waals surface area contributed by atoms with Gasteiger partial charge in [0.1, 0.15) is 11.5 Å². The highest BCUT2D eigenvalue weighted by molar-refractivity contribution is 5.93. The molecule has 0 amide bonds. The number of anilines is 1. The van der Waals surface area contributed by atoms with Gasteiger partial charge in [0, 0.05) is 29.6 Å². The zero-order valence-corrected chi connectivity index (χ0v) is 17.8. The number of nitrogens with one attached hydrogen (secondary N) is 2. The highest BCUT2D eigenvalue weighted by Crippen LogP contribution is 2.28. The van der Waals surface area contributed by atoms with E-state index in [9.17, 15) is 0 Å². The molecule has 1 fully saturated rings. The molecule has 1 aliphatic rings. The Morgan fingerprint density at radius 2 is 1.81 bits per heavy atom. The van der Waals surface area contributed by atoms with Crippen LogP contribution in [-0.4, -0.2) is 52.9 Å². The number of hydrogen-bond donors (Lipinski definition) is 2. The van der Waals surface area contributed by atoms with Crippen molar-refractivity contribution in [2.45, 2.75) is 25.3 Å². The molecule has 1 aliphatic heterocycles. The second-order valence-electron chi connectivity index (χ2n) is 7.76. The van der Waals surface area contributed by atoms with E-state index in [1.165, 1.54) is 12.8 Å². The van der Waals surface area contributed by atoms with Gasteiger partial charge in [-0.3, -0.25) is 0 Å². The molecule has 0 radical (unpaired) electrons. The second kappa shape index (κ2) is 8.39. The Morgan fingerprint density at radius 3 is 2.61 bits per heavy atom. The Bertz CT molecular complexity index is 1200. The summed E-state index contributed by atoms with van der Waals surface area (Å²) < 4.78 is 12.5. The minimum atomic E-state index is 0.287. The molecule has 1 saturated heterocycles. The van der Waals surface area contributed by atoms with E-state index in [4.69, 9.17) is 24.5 Å². The SMILES string of the molecule is COc1ccc(-c2nc3c4ccc(OC)cc4nc(N[C@@H]4CCCCNC4)n3n2)cc1. The number of ether oxygens (including phenoxy) is 2. The fraction of sp³-hybridized carbons (Fsp3) is 0.348. The van der Waals surface area contributed by atoms with Gasteiger partial charge in [0.15, 0.2) is 11.5 Å². The van der Waals surface area contributed by atoms with Crippen molar-refractivity contribution in [1.82, 2.24) is 24.9 Å². The maximum absolute atomic E-state index is 5.41. The predicted molar refractivity (Wildman–Crippen MR) is 121 cm³/mol. The molecule has 2 aromatic carbocycles. The highest BCUT2D eigenvalue weighted by atomic mass is 16.5. The maximum atomic E-state index is 5.41. The summed E-state index contributed by atoms with van der Waals surface area (Å²) in [5, 5.41) is 12.8. The molecule has 1 atom stereocenters. The zero-order chi connectivity index (χ0) is 21.2. The van der Waals surface area contributed by atoms with Crippen LogP contribution in [0.3, 0.4) is 0 Å². The Labute approximate surface area is 180 Å². The second-order valence-corrected chi connectivity index (χ2v) is 7.76. The van der Waals surface area contributed by atoms with Crippen molar-refractivity contribution in [3.05, 3.63) is 42.5 Å². The zero-order valence-electron chi connectivity index (χ0n) is 17.8. The van der Waals surface area contributed by atoms with Crippen molar-refractivity contribution >= 4 is 22.5 Å². The highest BCUT2D eigenvalue weighted by Gasteiger charge is 2.18. The number of aromatic nitrogens is 4. The van der Waals surface area contributed by atoms with Crippen molar-refractivity contribution in [3.63, 3.8) is 0 Å². The first-order chi connectivity index (χ1) is 15.2. The first-order valence-corrected chi connectivity index (χ1v) is 10.6. The molecule has 0 spiro atoms. The molecule has 8 heteroatoms. The van der Waals surface area contributed by atoms with Crippen LogP contribution < -0.4 is 20.1 Å². The quantitative estimate of drug-likeness (QED) is 0.513. The molecule has 31 heavy (non-hydrogen) atoms. The molecule has 2 aromatic heterocycles. The monoisotopic (exact) mass is 418 g/mol. The third kappa shape index (κ3) is 3.86. The van der Waals surface area contributed by atoms with Gasteiger partial charge in [0.05, 0.1) is 19.7 Å². The average Bonchev–Trinajstić information content (AvgIpc) is 3.11. The average molecular weight is 419 g/mol. The van der Waals surface area contributed by atoms with Gasteiger partial charge in [-0.2, -0.15) is 4.52 Å². The van der Waals surface area contributed by atoms with Crippen LogP contribution >= 0.6 is 0 Å². The van der Waals surface area contributed by atoms with Crippen LogP contribution in [0.15, 0.2) is 42.5 Å². The summed E-state index contributed by atoms with van der Waals surface area (Å²) in [7, 11) is 3.32. The minimum Gasteiger partial charge on any atom is -0.497 e. The minimum absolute atomic E-state index is 0.287. The predicted octanol–water partition coefficient (Wildman–Crippen LogP) is 3.52. The lowest BCUT2D eigenvalue weighted by atomic mass is 10.1. The third-order valence-electron chi connectivity index (χ3n) is 5.71. The van der Waals surface area contributed by atoms with E-state index < -0.39 is 0 Å². The Balaban J connectivity index is 1.63. The number of fused-ring (bicyclic) bond motifs is 3. The van der Waals surface area contributed by atoms with Gasteiger partial charge in [-0.05, 0) is 55.8 Å². The fourth-order valence-electron chi connectivity index (χ4n) is 4.00. The van der Waals surface area contributed by atoms with E-state index in [1.54, 1.807) is 14.2 Å². The van der Waals surface area contributed by atoms with Gasteiger partial charge in [0.25, 0.3) is 0 Å². The van der Waals surface area contributed by atoms with Crippen LogP contribution in [0, 0.1) is 0 Å². The van der Waals surface area contributed by atoms with Gasteiger partial charge in [-0.25, -0.2) is 9.97 Å². The number of hydrogen-bond acceptors (Lipinski definition) is 7. The van der Waals surface area contributed by atoms with E-state index in [0.29, 0.717) is 11.8 Å². The number of benzene rings is 2. The molecule has 160 valence electrons. The molecule has 4 aromatic rings. The summed E-state index contributed by atoms with van der Waals surface area (Å²) in [5.41, 5.74) is 2.51. The topological polar surface area (TPSA) is 85.6 Å². The van der Waals surface area contributed by atoms with Crippen LogP contribution in [0.5, 0.6) is 11.5 Å². The molecule has 2 N–H and O–H groups in total. The molecular weight excluding hydrogens is 392 g/mol. The summed E-state index contributed by atoms with van der Waals surface area (Å²) in [4.78, 5) is 9.76. The summed E-state index contributed by atoms with van der Waals surface area (Å²) >= 11 is 0. The van der Waals surface area contributed by atoms with E-state index in [2.05, 4.69) is 10.6 Å². The van der Waals surface area contributed by atoms with Gasteiger partial charge in [-0.15, -0.1) is 5.10 Å². The van der Waals surface area contributed by atoms with Crippen molar-refractivity contribution in [2.24, 2.45) is 0 Å². The number of nitrogens with zero attached hydrogens (tertiary/aromatic N) is 4. The van der Waals surface area contributed by atoms with Crippen molar-refractivity contribution < 1.29 is 9.47 Å². The summed E-state index contributed by atoms with van der Waals surface area (Å²) in [6, 6.07) is 13.9. The molecule has 8 nitrogen and oxygen atoms in total. The smallest absolute Gasteiger partial charge is 0.226 e. The van der Waals surface area contributed by atoms with E-state index >= 15 is 0 Å². The van der Waals surface area contributed by atoms with E-state index in [0.717, 1.165) is 53.1 Å².